The van der Waals surface area contributed by atoms with Crippen molar-refractivity contribution < 1.29 is 0 Å². The first-order valence-corrected chi connectivity index (χ1v) is 26.8. The Morgan fingerprint density at radius 2 is 0.771 bits per heavy atom. The van der Waals surface area contributed by atoms with Crippen LogP contribution in [0.4, 0.5) is 17.1 Å². The summed E-state index contributed by atoms with van der Waals surface area (Å²) >= 11 is 1.86. The first-order valence-electron chi connectivity index (χ1n) is 24.0. The molecule has 330 valence electrons. The lowest BCUT2D eigenvalue weighted by Gasteiger charge is -2.35. The highest BCUT2D eigenvalue weighted by molar-refractivity contribution is 7.25. The third-order valence-electron chi connectivity index (χ3n) is 14.2. The zero-order chi connectivity index (χ0) is 46.4. The van der Waals surface area contributed by atoms with Gasteiger partial charge in [-0.2, -0.15) is 0 Å². The van der Waals surface area contributed by atoms with E-state index in [1.165, 1.54) is 90.7 Å². The van der Waals surface area contributed by atoms with Gasteiger partial charge in [-0.05, 0) is 116 Å². The average Bonchev–Trinajstić information content (AvgIpc) is 3.99. The molecule has 0 aliphatic carbocycles. The first kappa shape index (κ1) is 41.6. The number of para-hydroxylation sites is 2. The van der Waals surface area contributed by atoms with E-state index in [0.717, 1.165) is 17.1 Å². The third-order valence-corrected chi connectivity index (χ3v) is 20.1. The van der Waals surface area contributed by atoms with Crippen molar-refractivity contribution in [2.45, 2.75) is 0 Å². The summed E-state index contributed by atoms with van der Waals surface area (Å²) in [5, 5.41) is 10.5. The van der Waals surface area contributed by atoms with E-state index in [9.17, 15) is 0 Å². The molecule has 0 fully saturated rings. The van der Waals surface area contributed by atoms with E-state index < -0.39 is 8.07 Å². The van der Waals surface area contributed by atoms with Crippen LogP contribution in [0.25, 0.3) is 69.9 Å². The van der Waals surface area contributed by atoms with Crippen molar-refractivity contribution >= 4 is 99.2 Å². The molecule has 0 aliphatic rings. The number of anilines is 3. The molecule has 0 saturated heterocycles. The lowest BCUT2D eigenvalue weighted by atomic mass is 9.97. The van der Waals surface area contributed by atoms with E-state index in [2.05, 4.69) is 289 Å². The molecule has 70 heavy (non-hydrogen) atoms. The molecular weight excluding hydrogens is 881 g/mol. The number of rotatable bonds is 10. The van der Waals surface area contributed by atoms with Crippen LogP contribution < -0.4 is 25.6 Å². The van der Waals surface area contributed by atoms with Crippen molar-refractivity contribution in [3.8, 4) is 27.9 Å². The van der Waals surface area contributed by atoms with Crippen molar-refractivity contribution in [3.05, 3.63) is 279 Å². The van der Waals surface area contributed by atoms with Gasteiger partial charge >= 0.3 is 0 Å². The molecule has 13 aromatic rings. The molecule has 0 N–H and O–H groups in total. The number of aromatic nitrogens is 1. The Kier molecular flexibility index (Phi) is 10.4. The maximum atomic E-state index is 2.42. The molecule has 0 bridgehead atoms. The van der Waals surface area contributed by atoms with Gasteiger partial charge in [-0.3, -0.25) is 0 Å². The van der Waals surface area contributed by atoms with Gasteiger partial charge < -0.3 is 9.47 Å². The van der Waals surface area contributed by atoms with Crippen molar-refractivity contribution in [2.75, 3.05) is 4.90 Å². The number of fused-ring (bicyclic) bond motifs is 6. The molecule has 4 heteroatoms. The fourth-order valence-corrected chi connectivity index (χ4v) is 16.8. The highest BCUT2D eigenvalue weighted by Crippen LogP contribution is 2.42. The largest absolute Gasteiger partial charge is 0.310 e. The molecule has 0 atom stereocenters. The zero-order valence-corrected chi connectivity index (χ0v) is 40.2. The van der Waals surface area contributed by atoms with Crippen LogP contribution in [0.2, 0.25) is 0 Å². The van der Waals surface area contributed by atoms with E-state index in [-0.39, 0.29) is 0 Å². The molecule has 0 aliphatic heterocycles. The smallest absolute Gasteiger partial charge is 0.179 e. The first-order chi connectivity index (χ1) is 34.7. The SMILES string of the molecule is c1ccc(-n2c3ccccc3c3c(-c4ccc(-c5ccc(N(c6ccc([Si](c7ccccc7)(c7ccccc7)c7ccccc7)cc6)c6ccc7sc8ccccc8c7c6)cc5)cc4)cccc32)cc1. The van der Waals surface area contributed by atoms with Crippen LogP contribution >= 0.6 is 11.3 Å². The van der Waals surface area contributed by atoms with Crippen LogP contribution in [0.5, 0.6) is 0 Å². The van der Waals surface area contributed by atoms with Gasteiger partial charge in [0.05, 0.1) is 11.0 Å². The summed E-state index contributed by atoms with van der Waals surface area (Å²) in [6.45, 7) is 0. The monoisotopic (exact) mass is 926 g/mol. The third kappa shape index (κ3) is 6.99. The van der Waals surface area contributed by atoms with Crippen LogP contribution in [0, 0.1) is 0 Å². The lowest BCUT2D eigenvalue weighted by molar-refractivity contribution is 1.18. The van der Waals surface area contributed by atoms with Gasteiger partial charge in [0.2, 0.25) is 0 Å². The Bertz CT molecular complexity index is 3860. The van der Waals surface area contributed by atoms with E-state index >= 15 is 0 Å². The van der Waals surface area contributed by atoms with Gasteiger partial charge in [0.1, 0.15) is 0 Å². The fraction of sp³-hybridized carbons (Fsp3) is 0. The summed E-state index contributed by atoms with van der Waals surface area (Å²) in [6, 6.07) is 103. The molecule has 11 aromatic carbocycles. The van der Waals surface area contributed by atoms with Gasteiger partial charge in [-0.15, -0.1) is 11.3 Å². The normalized spacial score (nSPS) is 11.7. The minimum absolute atomic E-state index is 1.10. The fourth-order valence-electron chi connectivity index (χ4n) is 11.0. The highest BCUT2D eigenvalue weighted by Gasteiger charge is 2.41. The average molecular weight is 927 g/mol. The van der Waals surface area contributed by atoms with Gasteiger partial charge in [-0.25, -0.2) is 0 Å². The molecule has 0 amide bonds. The van der Waals surface area contributed by atoms with Crippen LogP contribution in [0.1, 0.15) is 0 Å². The van der Waals surface area contributed by atoms with Gasteiger partial charge in [0.25, 0.3) is 0 Å². The maximum Gasteiger partial charge on any atom is 0.179 e. The minimum Gasteiger partial charge on any atom is -0.310 e. The van der Waals surface area contributed by atoms with Crippen LogP contribution in [-0.2, 0) is 0 Å². The van der Waals surface area contributed by atoms with E-state index in [1.807, 2.05) is 11.3 Å². The number of benzene rings is 11. The molecule has 2 aromatic heterocycles. The number of hydrogen-bond acceptors (Lipinski definition) is 2. The minimum atomic E-state index is -2.70. The van der Waals surface area contributed by atoms with Gasteiger partial charge in [0.15, 0.2) is 8.07 Å². The Balaban J connectivity index is 0.900. The second-order valence-electron chi connectivity index (χ2n) is 18.0. The Hall–Kier alpha value is -8.54. The molecule has 2 nitrogen and oxygen atoms in total. The lowest BCUT2D eigenvalue weighted by Crippen LogP contribution is -2.74. The van der Waals surface area contributed by atoms with E-state index in [4.69, 9.17) is 0 Å². The highest BCUT2D eigenvalue weighted by atomic mass is 32.1. The summed E-state index contributed by atoms with van der Waals surface area (Å²) in [5.74, 6) is 0. The van der Waals surface area contributed by atoms with Crippen molar-refractivity contribution in [1.82, 2.24) is 4.57 Å². The standard InChI is InChI=1S/C66H46N2SSi/c1-5-18-50(19-6-1)68-62-29-15-13-27-60(62)66-58(28-17-30-63(66)68)49-34-32-47(33-35-49)48-36-38-51(39-37-48)67(53-42-45-65-61(46-53)59-26-14-16-31-64(59)69-65)52-40-43-57(44-41-52)70(54-20-7-2-8-21-54,55-22-9-3-10-23-55)56-24-11-4-12-25-56/h1-46H. The van der Waals surface area contributed by atoms with E-state index in [1.54, 1.807) is 0 Å². The molecule has 0 saturated carbocycles. The molecule has 13 rings (SSSR count). The Morgan fingerprint density at radius 1 is 0.314 bits per heavy atom. The van der Waals surface area contributed by atoms with Gasteiger partial charge in [-0.1, -0.05) is 206 Å². The summed E-state index contributed by atoms with van der Waals surface area (Å²) in [4.78, 5) is 2.42. The quantitative estimate of drug-likeness (QED) is 0.0980. The number of hydrogen-bond donors (Lipinski definition) is 0. The summed E-state index contributed by atoms with van der Waals surface area (Å²) in [6.07, 6.45) is 0. The number of nitrogens with zero attached hydrogens (tertiary/aromatic N) is 2. The van der Waals surface area contributed by atoms with Crippen LogP contribution in [0.3, 0.4) is 0 Å². The van der Waals surface area contributed by atoms with Crippen molar-refractivity contribution in [1.29, 1.82) is 0 Å². The molecule has 0 spiro atoms. The van der Waals surface area contributed by atoms with Crippen molar-refractivity contribution in [3.63, 3.8) is 0 Å². The second kappa shape index (κ2) is 17.5. The predicted octanol–water partition coefficient (Wildman–Crippen LogP) is 15.3. The summed E-state index contributed by atoms with van der Waals surface area (Å²) < 4.78 is 4.99. The predicted molar refractivity (Wildman–Crippen MR) is 303 cm³/mol. The van der Waals surface area contributed by atoms with Crippen LogP contribution in [0.15, 0.2) is 279 Å². The maximum absolute atomic E-state index is 2.70. The van der Waals surface area contributed by atoms with E-state index in [0.29, 0.717) is 0 Å². The second-order valence-corrected chi connectivity index (χ2v) is 22.9. The van der Waals surface area contributed by atoms with Crippen LogP contribution in [-0.4, -0.2) is 12.6 Å². The zero-order valence-electron chi connectivity index (χ0n) is 38.4. The summed E-state index contributed by atoms with van der Waals surface area (Å²) in [5.41, 5.74) is 11.7. The number of thiophene rings is 1. The Morgan fingerprint density at radius 3 is 1.40 bits per heavy atom. The molecular formula is C66H46N2SSi. The summed E-state index contributed by atoms with van der Waals surface area (Å²) in [7, 11) is -2.70. The topological polar surface area (TPSA) is 8.17 Å². The van der Waals surface area contributed by atoms with Gasteiger partial charge in [0, 0.05) is 53.7 Å². The molecule has 2 heterocycles. The Labute approximate surface area is 413 Å². The van der Waals surface area contributed by atoms with Crippen molar-refractivity contribution in [2.24, 2.45) is 0 Å². The molecule has 0 unspecified atom stereocenters. The molecule has 0 radical (unpaired) electrons.